The molecule has 2 N–H and O–H groups in total. The topological polar surface area (TPSA) is 49.3 Å². The minimum atomic E-state index is -0.333. The Balaban J connectivity index is 2.58. The number of hydrogen-bond donors (Lipinski definition) is 2. The van der Waals surface area contributed by atoms with E-state index in [1.807, 2.05) is 0 Å². The summed E-state index contributed by atoms with van der Waals surface area (Å²) >= 11 is 12.1. The highest BCUT2D eigenvalue weighted by molar-refractivity contribution is 6.33. The van der Waals surface area contributed by atoms with Crippen LogP contribution in [0.5, 0.6) is 5.75 Å². The molecule has 0 spiro atoms. The van der Waals surface area contributed by atoms with Gasteiger partial charge in [0.25, 0.3) is 5.91 Å². The first kappa shape index (κ1) is 16.1. The van der Waals surface area contributed by atoms with Crippen LogP contribution in [0.3, 0.4) is 0 Å². The molecule has 0 radical (unpaired) electrons. The van der Waals surface area contributed by atoms with Gasteiger partial charge >= 0.3 is 0 Å². The summed E-state index contributed by atoms with van der Waals surface area (Å²) in [5, 5.41) is 12.2. The number of phenolic OH excluding ortho intramolecular Hbond substituents is 1. The van der Waals surface area contributed by atoms with E-state index in [0.717, 1.165) is 6.42 Å². The van der Waals surface area contributed by atoms with E-state index in [4.69, 9.17) is 23.2 Å². The predicted molar refractivity (Wildman–Crippen MR) is 79.2 cm³/mol. The fourth-order valence-corrected chi connectivity index (χ4v) is 2.47. The number of amides is 1. The molecule has 3 nitrogen and oxygen atoms in total. The van der Waals surface area contributed by atoms with Crippen molar-refractivity contribution in [2.24, 2.45) is 5.41 Å². The van der Waals surface area contributed by atoms with Crippen LogP contribution < -0.4 is 5.32 Å². The van der Waals surface area contributed by atoms with Crippen LogP contribution in [-0.2, 0) is 0 Å². The number of alkyl halides is 1. The van der Waals surface area contributed by atoms with Crippen molar-refractivity contribution < 1.29 is 9.90 Å². The Morgan fingerprint density at radius 2 is 2.05 bits per heavy atom. The summed E-state index contributed by atoms with van der Waals surface area (Å²) in [6.45, 7) is 6.65. The van der Waals surface area contributed by atoms with Gasteiger partial charge in [-0.25, -0.2) is 0 Å². The van der Waals surface area contributed by atoms with Gasteiger partial charge in [-0.3, -0.25) is 4.79 Å². The van der Waals surface area contributed by atoms with Gasteiger partial charge in [-0.2, -0.15) is 0 Å². The Morgan fingerprint density at radius 1 is 1.42 bits per heavy atom. The summed E-state index contributed by atoms with van der Waals surface area (Å²) in [6, 6.07) is 4.26. The number of hydrogen-bond acceptors (Lipinski definition) is 2. The van der Waals surface area contributed by atoms with Crippen LogP contribution in [0.25, 0.3) is 0 Å². The van der Waals surface area contributed by atoms with Crippen molar-refractivity contribution in [2.75, 3.05) is 6.54 Å². The van der Waals surface area contributed by atoms with E-state index < -0.39 is 0 Å². The monoisotopic (exact) mass is 303 g/mol. The van der Waals surface area contributed by atoms with Gasteiger partial charge in [-0.1, -0.05) is 32.4 Å². The molecule has 0 aliphatic rings. The maximum Gasteiger partial charge on any atom is 0.252 e. The van der Waals surface area contributed by atoms with E-state index in [0.29, 0.717) is 11.6 Å². The zero-order chi connectivity index (χ0) is 14.6. The molecule has 0 aliphatic carbocycles. The fourth-order valence-electron chi connectivity index (χ4n) is 1.72. The van der Waals surface area contributed by atoms with Crippen LogP contribution in [-0.4, -0.2) is 22.9 Å². The Hall–Kier alpha value is -0.930. The molecule has 1 amide bonds. The molecule has 19 heavy (non-hydrogen) atoms. The maximum absolute atomic E-state index is 11.9. The quantitative estimate of drug-likeness (QED) is 0.831. The van der Waals surface area contributed by atoms with Gasteiger partial charge < -0.3 is 10.4 Å². The number of benzene rings is 1. The second kappa shape index (κ2) is 6.49. The standard InChI is InChI=1S/C14H19Cl2NO2/c1-14(2,3)7-9(15)8-17-13(19)11-6-10(18)4-5-12(11)16/h4-6,9,18H,7-8H2,1-3H3,(H,17,19). The third kappa shape index (κ3) is 5.70. The van der Waals surface area contributed by atoms with Crippen LogP contribution in [0, 0.1) is 5.41 Å². The zero-order valence-corrected chi connectivity index (χ0v) is 12.8. The first-order valence-corrected chi connectivity index (χ1v) is 6.91. The molecule has 0 saturated carbocycles. The Kier molecular flexibility index (Phi) is 5.50. The van der Waals surface area contributed by atoms with Gasteiger partial charge in [0.2, 0.25) is 0 Å². The van der Waals surface area contributed by atoms with Crippen molar-refractivity contribution in [1.29, 1.82) is 0 Å². The lowest BCUT2D eigenvalue weighted by Crippen LogP contribution is -2.31. The van der Waals surface area contributed by atoms with Crippen LogP contribution in [0.15, 0.2) is 18.2 Å². The smallest absolute Gasteiger partial charge is 0.252 e. The Labute approximate surface area is 123 Å². The molecule has 0 saturated heterocycles. The largest absolute Gasteiger partial charge is 0.508 e. The van der Waals surface area contributed by atoms with Crippen molar-refractivity contribution in [2.45, 2.75) is 32.6 Å². The summed E-state index contributed by atoms with van der Waals surface area (Å²) in [4.78, 5) is 11.9. The van der Waals surface area contributed by atoms with Gasteiger partial charge in [-0.05, 0) is 30.0 Å². The molecule has 1 unspecified atom stereocenters. The molecule has 1 aromatic rings. The summed E-state index contributed by atoms with van der Waals surface area (Å²) in [6.07, 6.45) is 0.794. The van der Waals surface area contributed by atoms with E-state index in [1.54, 1.807) is 0 Å². The lowest BCUT2D eigenvalue weighted by atomic mass is 9.90. The van der Waals surface area contributed by atoms with Gasteiger partial charge in [0.1, 0.15) is 5.75 Å². The summed E-state index contributed by atoms with van der Waals surface area (Å²) in [5.41, 5.74) is 0.362. The molecule has 0 aromatic heterocycles. The molecule has 106 valence electrons. The molecule has 0 aliphatic heterocycles. The number of phenols is 1. The van der Waals surface area contributed by atoms with E-state index in [-0.39, 0.29) is 28.0 Å². The first-order valence-electron chi connectivity index (χ1n) is 6.10. The zero-order valence-electron chi connectivity index (χ0n) is 11.3. The number of rotatable bonds is 4. The van der Waals surface area contributed by atoms with Gasteiger partial charge in [-0.15, -0.1) is 11.6 Å². The predicted octanol–water partition coefficient (Wildman–Crippen LogP) is 3.82. The molecule has 0 fully saturated rings. The second-order valence-electron chi connectivity index (χ2n) is 5.74. The highest BCUT2D eigenvalue weighted by atomic mass is 35.5. The lowest BCUT2D eigenvalue weighted by Gasteiger charge is -2.22. The van der Waals surface area contributed by atoms with Crippen LogP contribution in [0.4, 0.5) is 0 Å². The summed E-state index contributed by atoms with van der Waals surface area (Å²) in [7, 11) is 0. The number of carbonyl (C=O) groups excluding carboxylic acids is 1. The van der Waals surface area contributed by atoms with Crippen molar-refractivity contribution in [3.05, 3.63) is 28.8 Å². The third-order valence-electron chi connectivity index (χ3n) is 2.51. The van der Waals surface area contributed by atoms with Crippen molar-refractivity contribution in [3.8, 4) is 5.75 Å². The molecular formula is C14H19Cl2NO2. The van der Waals surface area contributed by atoms with E-state index in [9.17, 15) is 9.90 Å². The number of aromatic hydroxyl groups is 1. The number of carbonyl (C=O) groups is 1. The molecule has 5 heteroatoms. The molecule has 1 rings (SSSR count). The lowest BCUT2D eigenvalue weighted by molar-refractivity contribution is 0.0951. The minimum Gasteiger partial charge on any atom is -0.508 e. The Bertz CT molecular complexity index is 455. The van der Waals surface area contributed by atoms with Gasteiger partial charge in [0, 0.05) is 6.54 Å². The highest BCUT2D eigenvalue weighted by Crippen LogP contribution is 2.24. The van der Waals surface area contributed by atoms with Crippen molar-refractivity contribution >= 4 is 29.1 Å². The Morgan fingerprint density at radius 3 is 2.63 bits per heavy atom. The van der Waals surface area contributed by atoms with Gasteiger partial charge in [0.15, 0.2) is 0 Å². The van der Waals surface area contributed by atoms with E-state index >= 15 is 0 Å². The van der Waals surface area contributed by atoms with Crippen molar-refractivity contribution in [1.82, 2.24) is 5.32 Å². The molecule has 0 bridgehead atoms. The van der Waals surface area contributed by atoms with Crippen LogP contribution >= 0.6 is 23.2 Å². The molecular weight excluding hydrogens is 285 g/mol. The molecule has 1 aromatic carbocycles. The SMILES string of the molecule is CC(C)(C)CC(Cl)CNC(=O)c1cc(O)ccc1Cl. The van der Waals surface area contributed by atoms with E-state index in [2.05, 4.69) is 26.1 Å². The molecule has 0 heterocycles. The third-order valence-corrected chi connectivity index (χ3v) is 3.15. The van der Waals surface area contributed by atoms with Crippen molar-refractivity contribution in [3.63, 3.8) is 0 Å². The fraction of sp³-hybridized carbons (Fsp3) is 0.500. The maximum atomic E-state index is 11.9. The van der Waals surface area contributed by atoms with Crippen LogP contribution in [0.1, 0.15) is 37.6 Å². The normalized spacial score (nSPS) is 13.1. The van der Waals surface area contributed by atoms with Gasteiger partial charge in [0.05, 0.1) is 16.0 Å². The highest BCUT2D eigenvalue weighted by Gasteiger charge is 2.18. The average Bonchev–Trinajstić information content (AvgIpc) is 2.27. The summed E-state index contributed by atoms with van der Waals surface area (Å²) < 4.78 is 0. The number of nitrogens with one attached hydrogen (secondary N) is 1. The van der Waals surface area contributed by atoms with Crippen LogP contribution in [0.2, 0.25) is 5.02 Å². The second-order valence-corrected chi connectivity index (χ2v) is 6.76. The molecule has 1 atom stereocenters. The number of halogens is 2. The minimum absolute atomic E-state index is 0.00617. The summed E-state index contributed by atoms with van der Waals surface area (Å²) in [5.74, 6) is -0.327. The van der Waals surface area contributed by atoms with E-state index in [1.165, 1.54) is 18.2 Å². The average molecular weight is 304 g/mol. The first-order chi connectivity index (χ1) is 8.69.